The maximum Gasteiger partial charge on any atom is 0.332 e. The van der Waals surface area contributed by atoms with Gasteiger partial charge in [-0.25, -0.2) is 8.98 Å². The summed E-state index contributed by atoms with van der Waals surface area (Å²) in [7, 11) is -6.13. The van der Waals surface area contributed by atoms with Gasteiger partial charge >= 0.3 is 17.5 Å². The molecule has 4 atom stereocenters. The van der Waals surface area contributed by atoms with E-state index in [0.717, 1.165) is 19.4 Å². The van der Waals surface area contributed by atoms with Gasteiger partial charge in [0.1, 0.15) is 6.10 Å². The first kappa shape index (κ1) is 37.0. The predicted octanol–water partition coefficient (Wildman–Crippen LogP) is 2.27. The summed E-state index contributed by atoms with van der Waals surface area (Å²) in [5.41, 5.74) is -3.57. The summed E-state index contributed by atoms with van der Waals surface area (Å²) in [6.45, 7) is 21.1. The standard InChI is InChI=1S/C28H48N4O10SSi2/c1-17-15-32(25(36)31(10)21(17)34)23-19(40-44(11,12)26(2,3)4)28(24(39-23)41-45(13,14)27(5,6)7)18(16-43(37,38)42-28)29-20(33)22(35)30(8)9/h15-16,19,23-24H,1-14H3,(H,29,33)/t19?,23-,24?,28?/m1/s1. The number of nitrogens with zero attached hydrogens (tertiary/aromatic N) is 3. The smallest absolute Gasteiger partial charge is 0.332 e. The van der Waals surface area contributed by atoms with Crippen molar-refractivity contribution in [1.82, 2.24) is 19.4 Å². The van der Waals surface area contributed by atoms with Crippen molar-refractivity contribution in [3.05, 3.63) is 43.7 Å². The van der Waals surface area contributed by atoms with Crippen molar-refractivity contribution in [2.45, 2.75) is 109 Å². The van der Waals surface area contributed by atoms with E-state index in [1.54, 1.807) is 0 Å². The van der Waals surface area contributed by atoms with E-state index in [9.17, 15) is 27.6 Å². The number of likely N-dealkylation sites (N-methyl/N-ethyl adjacent to an activating group) is 1. The highest BCUT2D eigenvalue weighted by Crippen LogP contribution is 2.54. The van der Waals surface area contributed by atoms with Crippen LogP contribution in [0.25, 0.3) is 0 Å². The number of rotatable bonds is 6. The molecule has 3 heterocycles. The number of carbonyl (C=O) groups is 2. The molecule has 0 saturated carbocycles. The van der Waals surface area contributed by atoms with Crippen LogP contribution in [0.1, 0.15) is 53.3 Å². The first-order chi connectivity index (χ1) is 20.1. The number of nitrogens with one attached hydrogen (secondary N) is 1. The van der Waals surface area contributed by atoms with Crippen LogP contribution in [0.15, 0.2) is 26.9 Å². The maximum absolute atomic E-state index is 13.6. The van der Waals surface area contributed by atoms with Gasteiger partial charge in [0.25, 0.3) is 15.7 Å². The van der Waals surface area contributed by atoms with Gasteiger partial charge in [-0.2, -0.15) is 8.42 Å². The molecule has 2 amide bonds. The molecule has 1 fully saturated rings. The average molecular weight is 689 g/mol. The second-order valence-electron chi connectivity index (χ2n) is 15.0. The molecule has 2 aliphatic heterocycles. The third kappa shape index (κ3) is 6.70. The molecular weight excluding hydrogens is 641 g/mol. The Bertz CT molecular complexity index is 1630. The van der Waals surface area contributed by atoms with E-state index in [-0.39, 0.29) is 11.3 Å². The number of carbonyl (C=O) groups excluding carboxylic acids is 2. The van der Waals surface area contributed by atoms with Gasteiger partial charge in [-0.05, 0) is 43.2 Å². The highest BCUT2D eigenvalue weighted by Gasteiger charge is 2.70. The summed E-state index contributed by atoms with van der Waals surface area (Å²) in [6, 6.07) is 0. The predicted molar refractivity (Wildman–Crippen MR) is 173 cm³/mol. The minimum atomic E-state index is -4.52. The van der Waals surface area contributed by atoms with E-state index in [1.807, 2.05) is 67.7 Å². The Hall–Kier alpha value is -2.42. The second kappa shape index (κ2) is 11.7. The van der Waals surface area contributed by atoms with E-state index in [4.69, 9.17) is 17.8 Å². The lowest BCUT2D eigenvalue weighted by Gasteiger charge is -2.45. The number of aryl methyl sites for hydroxylation is 1. The van der Waals surface area contributed by atoms with Gasteiger partial charge in [-0.1, -0.05) is 41.5 Å². The highest BCUT2D eigenvalue weighted by molar-refractivity contribution is 7.90. The van der Waals surface area contributed by atoms with Gasteiger partial charge in [-0.3, -0.25) is 23.5 Å². The van der Waals surface area contributed by atoms with Gasteiger partial charge in [0.2, 0.25) is 5.60 Å². The van der Waals surface area contributed by atoms with Crippen LogP contribution in [0.2, 0.25) is 36.3 Å². The van der Waals surface area contributed by atoms with Crippen LogP contribution in [0.4, 0.5) is 0 Å². The first-order valence-electron chi connectivity index (χ1n) is 14.6. The van der Waals surface area contributed by atoms with Gasteiger partial charge in [0, 0.05) is 32.9 Å². The molecule has 1 N–H and O–H groups in total. The molecule has 0 radical (unpaired) electrons. The van der Waals surface area contributed by atoms with Crippen molar-refractivity contribution >= 4 is 38.6 Å². The van der Waals surface area contributed by atoms with Crippen LogP contribution in [-0.4, -0.2) is 83.0 Å². The van der Waals surface area contributed by atoms with Crippen molar-refractivity contribution in [2.24, 2.45) is 7.05 Å². The molecule has 17 heteroatoms. The summed E-state index contributed by atoms with van der Waals surface area (Å²) >= 11 is 0. The summed E-state index contributed by atoms with van der Waals surface area (Å²) in [5, 5.41) is 2.35. The lowest BCUT2D eigenvalue weighted by atomic mass is 9.93. The van der Waals surface area contributed by atoms with Crippen LogP contribution < -0.4 is 16.6 Å². The van der Waals surface area contributed by atoms with E-state index in [2.05, 4.69) is 5.32 Å². The normalized spacial score (nSPS) is 25.4. The number of hydrogen-bond acceptors (Lipinski definition) is 10. The molecule has 3 rings (SSSR count). The molecule has 254 valence electrons. The van der Waals surface area contributed by atoms with Gasteiger partial charge in [0.15, 0.2) is 29.2 Å². The molecule has 1 aromatic heterocycles. The average Bonchev–Trinajstić information content (AvgIpc) is 3.29. The Labute approximate surface area is 267 Å². The maximum atomic E-state index is 13.6. The number of amides is 2. The highest BCUT2D eigenvalue weighted by atomic mass is 32.2. The van der Waals surface area contributed by atoms with E-state index < -0.39 is 84.1 Å². The molecule has 1 spiro atoms. The van der Waals surface area contributed by atoms with Crippen molar-refractivity contribution in [2.75, 3.05) is 14.1 Å². The van der Waals surface area contributed by atoms with Gasteiger partial charge in [-0.15, -0.1) is 0 Å². The summed E-state index contributed by atoms with van der Waals surface area (Å²) in [4.78, 5) is 53.1. The van der Waals surface area contributed by atoms with Crippen LogP contribution in [-0.2, 0) is 44.5 Å². The van der Waals surface area contributed by atoms with E-state index >= 15 is 0 Å². The summed E-state index contributed by atoms with van der Waals surface area (Å²) < 4.78 is 54.8. The molecule has 14 nitrogen and oxygen atoms in total. The van der Waals surface area contributed by atoms with Crippen LogP contribution in [0.3, 0.4) is 0 Å². The van der Waals surface area contributed by atoms with Gasteiger partial charge < -0.3 is 23.8 Å². The third-order valence-electron chi connectivity index (χ3n) is 9.27. The lowest BCUT2D eigenvalue weighted by molar-refractivity contribution is -0.151. The van der Waals surface area contributed by atoms with Crippen LogP contribution in [0.5, 0.6) is 0 Å². The van der Waals surface area contributed by atoms with Crippen LogP contribution >= 0.6 is 0 Å². The molecule has 0 aliphatic carbocycles. The van der Waals surface area contributed by atoms with E-state index in [0.29, 0.717) is 0 Å². The fraction of sp³-hybridized carbons (Fsp3) is 0.714. The quantitative estimate of drug-likeness (QED) is 0.266. The Morgan fingerprint density at radius 1 is 1.00 bits per heavy atom. The fourth-order valence-electron chi connectivity index (χ4n) is 4.45. The third-order valence-corrected chi connectivity index (χ3v) is 19.2. The van der Waals surface area contributed by atoms with Gasteiger partial charge in [0.05, 0.1) is 11.1 Å². The monoisotopic (exact) mass is 688 g/mol. The second-order valence-corrected chi connectivity index (χ2v) is 25.9. The molecule has 45 heavy (non-hydrogen) atoms. The Kier molecular flexibility index (Phi) is 9.61. The Morgan fingerprint density at radius 2 is 1.51 bits per heavy atom. The van der Waals surface area contributed by atoms with Crippen molar-refractivity contribution in [1.29, 1.82) is 0 Å². The van der Waals surface area contributed by atoms with Crippen molar-refractivity contribution in [3.8, 4) is 0 Å². The summed E-state index contributed by atoms with van der Waals surface area (Å²) in [6.07, 6.45) is -3.02. The SMILES string of the molecule is Cc1cn([C@@H]2OC(O[Si](C)(C)C(C)(C)C)C3(OS(=O)(=O)C=C3NC(=O)C(=O)N(C)C)C2O[Si](C)(C)C(C)(C)C)c(=O)n(C)c1=O. The summed E-state index contributed by atoms with van der Waals surface area (Å²) in [5.74, 6) is -2.07. The molecule has 3 unspecified atom stereocenters. The largest absolute Gasteiger partial charge is 0.406 e. The minimum absolute atomic E-state index is 0.218. The van der Waals surface area contributed by atoms with E-state index in [1.165, 1.54) is 34.3 Å². The lowest BCUT2D eigenvalue weighted by Crippen LogP contribution is -2.61. The van der Waals surface area contributed by atoms with Crippen LogP contribution in [0, 0.1) is 6.92 Å². The number of ether oxygens (including phenoxy) is 1. The van der Waals surface area contributed by atoms with Crippen molar-refractivity contribution in [3.63, 3.8) is 0 Å². The zero-order valence-electron chi connectivity index (χ0n) is 28.7. The Balaban J connectivity index is 2.44. The topological polar surface area (TPSA) is 164 Å². The molecule has 0 aromatic carbocycles. The number of hydrogen-bond donors (Lipinski definition) is 1. The molecule has 1 saturated heterocycles. The Morgan fingerprint density at radius 3 is 2.00 bits per heavy atom. The fourth-order valence-corrected chi connectivity index (χ4v) is 8.08. The zero-order chi connectivity index (χ0) is 34.9. The van der Waals surface area contributed by atoms with Crippen molar-refractivity contribution < 1.29 is 35.8 Å². The molecule has 2 aliphatic rings. The molecular formula is C28H48N4O10SSi2. The molecule has 0 bridgehead atoms. The molecule has 1 aromatic rings. The number of aromatic nitrogens is 2. The zero-order valence-corrected chi connectivity index (χ0v) is 31.5. The first-order valence-corrected chi connectivity index (χ1v) is 21.9. The minimum Gasteiger partial charge on any atom is -0.406 e.